The van der Waals surface area contributed by atoms with Gasteiger partial charge in [0.1, 0.15) is 12.1 Å². The highest BCUT2D eigenvalue weighted by Crippen LogP contribution is 2.28. The van der Waals surface area contributed by atoms with Crippen molar-refractivity contribution in [2.24, 2.45) is 5.92 Å². The molecule has 0 saturated carbocycles. The third-order valence-corrected chi connectivity index (χ3v) is 4.70. The van der Waals surface area contributed by atoms with E-state index < -0.39 is 24.0 Å². The van der Waals surface area contributed by atoms with E-state index in [1.807, 2.05) is 38.1 Å². The van der Waals surface area contributed by atoms with Crippen LogP contribution in [0.1, 0.15) is 25.8 Å². The monoisotopic (exact) mass is 423 g/mol. The average Bonchev–Trinajstić information content (AvgIpc) is 2.59. The van der Waals surface area contributed by atoms with Crippen LogP contribution < -0.4 is 5.32 Å². The molecule has 5 nitrogen and oxygen atoms in total. The van der Waals surface area contributed by atoms with E-state index in [2.05, 4.69) is 5.32 Å². The predicted octanol–water partition coefficient (Wildman–Crippen LogP) is 4.75. The summed E-state index contributed by atoms with van der Waals surface area (Å²) in [6, 6.07) is 10.6. The Morgan fingerprint density at radius 1 is 0.929 bits per heavy atom. The van der Waals surface area contributed by atoms with E-state index in [0.29, 0.717) is 16.5 Å². The van der Waals surface area contributed by atoms with Crippen LogP contribution in [0.25, 0.3) is 11.1 Å². The molecule has 2 rings (SSSR count). The van der Waals surface area contributed by atoms with Crippen molar-refractivity contribution in [1.29, 1.82) is 0 Å². The van der Waals surface area contributed by atoms with Crippen LogP contribution >= 0.6 is 23.2 Å². The van der Waals surface area contributed by atoms with Crippen molar-refractivity contribution in [3.05, 3.63) is 58.1 Å². The van der Waals surface area contributed by atoms with Crippen LogP contribution in [0.3, 0.4) is 0 Å². The Balaban J connectivity index is 2.23. The third-order valence-electron chi connectivity index (χ3n) is 4.27. The molecular weight excluding hydrogens is 401 g/mol. The molecule has 2 atom stereocenters. The first kappa shape index (κ1) is 22.2. The van der Waals surface area contributed by atoms with Crippen LogP contribution in [0, 0.1) is 5.92 Å². The largest absolute Gasteiger partial charge is 0.480 e. The molecule has 0 aromatic heterocycles. The van der Waals surface area contributed by atoms with E-state index in [4.69, 9.17) is 23.2 Å². The summed E-state index contributed by atoms with van der Waals surface area (Å²) in [6.07, 6.45) is 0.500. The highest BCUT2D eigenvalue weighted by molar-refractivity contribution is 6.35. The van der Waals surface area contributed by atoms with E-state index in [9.17, 15) is 19.8 Å². The maximum atomic E-state index is 11.7. The minimum atomic E-state index is -1.09. The second-order valence-corrected chi connectivity index (χ2v) is 8.01. The zero-order chi connectivity index (χ0) is 20.8. The van der Waals surface area contributed by atoms with Gasteiger partial charge >= 0.3 is 11.9 Å². The molecule has 2 unspecified atom stereocenters. The Morgan fingerprint density at radius 2 is 1.54 bits per heavy atom. The van der Waals surface area contributed by atoms with Gasteiger partial charge in [0.15, 0.2) is 0 Å². The Kier molecular flexibility index (Phi) is 7.87. The first-order chi connectivity index (χ1) is 13.2. The van der Waals surface area contributed by atoms with Gasteiger partial charge in [-0.1, -0.05) is 61.3 Å². The van der Waals surface area contributed by atoms with Gasteiger partial charge in [-0.3, -0.25) is 14.9 Å². The van der Waals surface area contributed by atoms with Crippen molar-refractivity contribution < 1.29 is 19.8 Å². The topological polar surface area (TPSA) is 86.6 Å². The Bertz CT molecular complexity index is 834. The standard InChI is InChI=1S/C21H23Cl2NO4/c1-12(2)6-18(20(25)26)24-19(21(27)28)8-13-4-3-5-14(7-13)15-9-16(22)11-17(23)10-15/h3-5,7,9-12,18-19,24H,6,8H2,1-2H3,(H,25,26)(H,27,28). The number of benzene rings is 2. The fourth-order valence-electron chi connectivity index (χ4n) is 3.01. The number of hydrogen-bond acceptors (Lipinski definition) is 3. The number of hydrogen-bond donors (Lipinski definition) is 3. The van der Waals surface area contributed by atoms with Crippen LogP contribution in [0.15, 0.2) is 42.5 Å². The van der Waals surface area contributed by atoms with Gasteiger partial charge in [0.2, 0.25) is 0 Å². The van der Waals surface area contributed by atoms with Gasteiger partial charge in [-0.15, -0.1) is 0 Å². The van der Waals surface area contributed by atoms with Gasteiger partial charge in [-0.25, -0.2) is 0 Å². The molecule has 3 N–H and O–H groups in total. The summed E-state index contributed by atoms with van der Waals surface area (Å²) >= 11 is 12.1. The first-order valence-corrected chi connectivity index (χ1v) is 9.68. The molecular formula is C21H23Cl2NO4. The molecule has 0 aliphatic carbocycles. The molecule has 2 aromatic carbocycles. The molecule has 0 heterocycles. The molecule has 0 bridgehead atoms. The lowest BCUT2D eigenvalue weighted by Crippen LogP contribution is -2.48. The molecule has 0 amide bonds. The van der Waals surface area contributed by atoms with Crippen LogP contribution in [-0.4, -0.2) is 34.2 Å². The van der Waals surface area contributed by atoms with E-state index in [0.717, 1.165) is 16.7 Å². The molecule has 0 aliphatic heterocycles. The predicted molar refractivity (Wildman–Crippen MR) is 111 cm³/mol. The summed E-state index contributed by atoms with van der Waals surface area (Å²) < 4.78 is 0. The zero-order valence-corrected chi connectivity index (χ0v) is 17.2. The number of aliphatic carboxylic acids is 2. The highest BCUT2D eigenvalue weighted by atomic mass is 35.5. The van der Waals surface area contributed by atoms with Gasteiger partial charge < -0.3 is 10.2 Å². The Morgan fingerprint density at radius 3 is 2.07 bits per heavy atom. The van der Waals surface area contributed by atoms with E-state index in [1.54, 1.807) is 18.2 Å². The van der Waals surface area contributed by atoms with E-state index in [1.165, 1.54) is 0 Å². The van der Waals surface area contributed by atoms with Gasteiger partial charge in [-0.2, -0.15) is 0 Å². The number of rotatable bonds is 9. The van der Waals surface area contributed by atoms with E-state index in [-0.39, 0.29) is 12.3 Å². The molecule has 28 heavy (non-hydrogen) atoms. The van der Waals surface area contributed by atoms with Gasteiger partial charge in [0.05, 0.1) is 0 Å². The molecule has 2 aromatic rings. The smallest absolute Gasteiger partial charge is 0.321 e. The Hall–Kier alpha value is -2.08. The lowest BCUT2D eigenvalue weighted by atomic mass is 9.98. The minimum Gasteiger partial charge on any atom is -0.480 e. The normalized spacial score (nSPS) is 13.3. The molecule has 0 fully saturated rings. The summed E-state index contributed by atoms with van der Waals surface area (Å²) in [5.41, 5.74) is 2.44. The SMILES string of the molecule is CC(C)CC(NC(Cc1cccc(-c2cc(Cl)cc(Cl)c2)c1)C(=O)O)C(=O)O. The van der Waals surface area contributed by atoms with Crippen molar-refractivity contribution in [2.45, 2.75) is 38.8 Å². The van der Waals surface area contributed by atoms with Gasteiger partial charge in [0, 0.05) is 10.0 Å². The number of carbonyl (C=O) groups is 2. The molecule has 7 heteroatoms. The fraction of sp³-hybridized carbons (Fsp3) is 0.333. The number of halogens is 2. The van der Waals surface area contributed by atoms with Crippen LogP contribution in [-0.2, 0) is 16.0 Å². The maximum absolute atomic E-state index is 11.7. The molecule has 0 spiro atoms. The average molecular weight is 424 g/mol. The van der Waals surface area contributed by atoms with Crippen molar-refractivity contribution in [2.75, 3.05) is 0 Å². The summed E-state index contributed by atoms with van der Waals surface area (Å²) in [7, 11) is 0. The summed E-state index contributed by atoms with van der Waals surface area (Å²) in [4.78, 5) is 23.2. The first-order valence-electron chi connectivity index (χ1n) is 8.92. The van der Waals surface area contributed by atoms with Gasteiger partial charge in [0.25, 0.3) is 0 Å². The third kappa shape index (κ3) is 6.51. The summed E-state index contributed by atoms with van der Waals surface area (Å²) in [5, 5.41) is 22.7. The lowest BCUT2D eigenvalue weighted by molar-refractivity contribution is -0.142. The maximum Gasteiger partial charge on any atom is 0.321 e. The lowest BCUT2D eigenvalue weighted by Gasteiger charge is -2.22. The van der Waals surface area contributed by atoms with E-state index >= 15 is 0 Å². The summed E-state index contributed by atoms with van der Waals surface area (Å²) in [5.74, 6) is -2.02. The molecule has 0 saturated heterocycles. The fourth-order valence-corrected chi connectivity index (χ4v) is 3.53. The van der Waals surface area contributed by atoms with Gasteiger partial charge in [-0.05, 0) is 53.6 Å². The number of nitrogens with one attached hydrogen (secondary N) is 1. The van der Waals surface area contributed by atoms with Crippen molar-refractivity contribution >= 4 is 35.1 Å². The molecule has 150 valence electrons. The Labute approximate surface area is 174 Å². The van der Waals surface area contributed by atoms with Crippen LogP contribution in [0.4, 0.5) is 0 Å². The van der Waals surface area contributed by atoms with Crippen molar-refractivity contribution in [3.63, 3.8) is 0 Å². The second-order valence-electron chi connectivity index (χ2n) is 7.14. The highest BCUT2D eigenvalue weighted by Gasteiger charge is 2.26. The number of carboxylic acid groups (broad SMARTS) is 2. The van der Waals surface area contributed by atoms with Crippen molar-refractivity contribution in [1.82, 2.24) is 5.32 Å². The quantitative estimate of drug-likeness (QED) is 0.541. The second kappa shape index (κ2) is 9.92. The van der Waals surface area contributed by atoms with Crippen molar-refractivity contribution in [3.8, 4) is 11.1 Å². The molecule has 0 radical (unpaired) electrons. The molecule has 0 aliphatic rings. The van der Waals surface area contributed by atoms with Crippen LogP contribution in [0.5, 0.6) is 0 Å². The minimum absolute atomic E-state index is 0.124. The zero-order valence-electron chi connectivity index (χ0n) is 15.7. The van der Waals surface area contributed by atoms with Crippen LogP contribution in [0.2, 0.25) is 10.0 Å². The number of carboxylic acids is 2. The summed E-state index contributed by atoms with van der Waals surface area (Å²) in [6.45, 7) is 3.79.